The van der Waals surface area contributed by atoms with Crippen LogP contribution in [-0.2, 0) is 0 Å². The number of aliphatic imine (C=N–C) groups is 1. The summed E-state index contributed by atoms with van der Waals surface area (Å²) in [7, 11) is 1.71. The minimum atomic E-state index is 0.714. The molecule has 3 nitrogen and oxygen atoms in total. The van der Waals surface area contributed by atoms with Crippen molar-refractivity contribution in [3.05, 3.63) is 22.2 Å². The third-order valence-electron chi connectivity index (χ3n) is 1.31. The van der Waals surface area contributed by atoms with Crippen LogP contribution in [0, 0.1) is 6.92 Å². The van der Waals surface area contributed by atoms with Gasteiger partial charge in [-0.1, -0.05) is 0 Å². The van der Waals surface area contributed by atoms with E-state index < -0.39 is 0 Å². The van der Waals surface area contributed by atoms with Gasteiger partial charge in [-0.2, -0.15) is 0 Å². The van der Waals surface area contributed by atoms with Gasteiger partial charge in [-0.3, -0.25) is 4.99 Å². The van der Waals surface area contributed by atoms with Gasteiger partial charge in [0.15, 0.2) is 0 Å². The van der Waals surface area contributed by atoms with E-state index in [9.17, 15) is 0 Å². The number of allylic oxidation sites excluding steroid dienone is 1. The first-order valence-electron chi connectivity index (χ1n) is 3.54. The highest BCUT2D eigenvalue weighted by Crippen LogP contribution is 2.16. The van der Waals surface area contributed by atoms with Gasteiger partial charge < -0.3 is 5.73 Å². The van der Waals surface area contributed by atoms with Crippen LogP contribution in [-0.4, -0.2) is 18.2 Å². The molecular weight excluding hydrogens is 170 g/mol. The van der Waals surface area contributed by atoms with Crippen LogP contribution in [0.15, 0.2) is 17.3 Å². The number of hydrogen-bond acceptors (Lipinski definition) is 4. The maximum atomic E-state index is 5.73. The minimum Gasteiger partial charge on any atom is -0.397 e. The first-order valence-corrected chi connectivity index (χ1v) is 4.36. The van der Waals surface area contributed by atoms with Crippen LogP contribution in [0.5, 0.6) is 0 Å². The van der Waals surface area contributed by atoms with E-state index in [0.717, 1.165) is 9.88 Å². The number of aryl methyl sites for hydroxylation is 1. The van der Waals surface area contributed by atoms with E-state index in [-0.39, 0.29) is 0 Å². The van der Waals surface area contributed by atoms with Gasteiger partial charge in [0.05, 0.1) is 15.6 Å². The number of rotatable bonds is 2. The molecule has 0 spiro atoms. The fourth-order valence-corrected chi connectivity index (χ4v) is 1.45. The molecule has 0 bridgehead atoms. The molecule has 64 valence electrons. The molecule has 1 aromatic rings. The van der Waals surface area contributed by atoms with Gasteiger partial charge in [-0.15, -0.1) is 11.3 Å². The highest BCUT2D eigenvalue weighted by atomic mass is 32.1. The van der Waals surface area contributed by atoms with Crippen LogP contribution in [0.3, 0.4) is 0 Å². The quantitative estimate of drug-likeness (QED) is 0.702. The average molecular weight is 181 g/mol. The first-order chi connectivity index (χ1) is 5.74. The predicted octanol–water partition coefficient (Wildman–Crippen LogP) is 1.45. The SMILES string of the molecule is CN=C/C=C(\N)c1cnc(C)s1. The molecule has 1 rings (SSSR count). The molecule has 1 aromatic heterocycles. The van der Waals surface area contributed by atoms with E-state index in [0.29, 0.717) is 5.70 Å². The molecule has 0 unspecified atom stereocenters. The molecule has 1 heterocycles. The van der Waals surface area contributed by atoms with E-state index in [1.165, 1.54) is 0 Å². The molecule has 12 heavy (non-hydrogen) atoms. The van der Waals surface area contributed by atoms with Crippen LogP contribution in [0.1, 0.15) is 9.88 Å². The molecule has 0 atom stereocenters. The van der Waals surface area contributed by atoms with E-state index in [1.807, 2.05) is 6.92 Å². The largest absolute Gasteiger partial charge is 0.397 e. The van der Waals surface area contributed by atoms with Crippen LogP contribution < -0.4 is 5.73 Å². The third kappa shape index (κ3) is 2.17. The number of nitrogens with two attached hydrogens (primary N) is 1. The fraction of sp³-hybridized carbons (Fsp3) is 0.250. The van der Waals surface area contributed by atoms with Crippen molar-refractivity contribution in [2.24, 2.45) is 10.7 Å². The Morgan fingerprint density at radius 1 is 1.75 bits per heavy atom. The van der Waals surface area contributed by atoms with Crippen molar-refractivity contribution in [2.75, 3.05) is 7.05 Å². The molecule has 0 saturated heterocycles. The van der Waals surface area contributed by atoms with E-state index in [2.05, 4.69) is 9.98 Å². The summed E-state index contributed by atoms with van der Waals surface area (Å²) in [6, 6.07) is 0. The molecule has 0 aliphatic heterocycles. The summed E-state index contributed by atoms with van der Waals surface area (Å²) in [6.07, 6.45) is 5.21. The predicted molar refractivity (Wildman–Crippen MR) is 53.4 cm³/mol. The Balaban J connectivity index is 2.84. The fourth-order valence-electron chi connectivity index (χ4n) is 0.732. The van der Waals surface area contributed by atoms with Crippen LogP contribution in [0.4, 0.5) is 0 Å². The van der Waals surface area contributed by atoms with Crippen molar-refractivity contribution in [3.63, 3.8) is 0 Å². The van der Waals surface area contributed by atoms with Crippen molar-refractivity contribution in [3.8, 4) is 0 Å². The lowest BCUT2D eigenvalue weighted by atomic mass is 10.4. The maximum Gasteiger partial charge on any atom is 0.0901 e. The molecule has 4 heteroatoms. The van der Waals surface area contributed by atoms with Crippen molar-refractivity contribution in [1.82, 2.24) is 4.98 Å². The average Bonchev–Trinajstić information content (AvgIpc) is 2.47. The number of aromatic nitrogens is 1. The molecule has 0 saturated carbocycles. The topological polar surface area (TPSA) is 51.3 Å². The van der Waals surface area contributed by atoms with Gasteiger partial charge in [0.2, 0.25) is 0 Å². The van der Waals surface area contributed by atoms with Gasteiger partial charge in [-0.05, 0) is 13.0 Å². The van der Waals surface area contributed by atoms with E-state index >= 15 is 0 Å². The monoisotopic (exact) mass is 181 g/mol. The summed E-state index contributed by atoms with van der Waals surface area (Å²) in [5, 5.41) is 1.02. The smallest absolute Gasteiger partial charge is 0.0901 e. The van der Waals surface area contributed by atoms with Crippen molar-refractivity contribution in [2.45, 2.75) is 6.92 Å². The van der Waals surface area contributed by atoms with Crippen molar-refractivity contribution in [1.29, 1.82) is 0 Å². The first kappa shape index (κ1) is 8.93. The Hall–Kier alpha value is -1.16. The molecule has 0 aliphatic rings. The highest BCUT2D eigenvalue weighted by Gasteiger charge is 1.98. The summed E-state index contributed by atoms with van der Waals surface area (Å²) in [5.41, 5.74) is 6.45. The molecule has 0 aliphatic carbocycles. The Morgan fingerprint density at radius 3 is 3.00 bits per heavy atom. The van der Waals surface area contributed by atoms with Crippen LogP contribution >= 0.6 is 11.3 Å². The lowest BCUT2D eigenvalue weighted by Gasteiger charge is -1.91. The number of hydrogen-bond donors (Lipinski definition) is 1. The Labute approximate surface area is 75.7 Å². The zero-order valence-electron chi connectivity index (χ0n) is 7.11. The maximum absolute atomic E-state index is 5.73. The normalized spacial score (nSPS) is 12.7. The van der Waals surface area contributed by atoms with Gasteiger partial charge >= 0.3 is 0 Å². The van der Waals surface area contributed by atoms with Gasteiger partial charge in [0, 0.05) is 19.5 Å². The summed E-state index contributed by atoms with van der Waals surface area (Å²) >= 11 is 1.58. The number of nitrogens with zero attached hydrogens (tertiary/aromatic N) is 2. The summed E-state index contributed by atoms with van der Waals surface area (Å²) in [5.74, 6) is 0. The zero-order chi connectivity index (χ0) is 8.97. The second kappa shape index (κ2) is 4.01. The van der Waals surface area contributed by atoms with E-state index in [4.69, 9.17) is 5.73 Å². The minimum absolute atomic E-state index is 0.714. The van der Waals surface area contributed by atoms with Gasteiger partial charge in [0.25, 0.3) is 0 Å². The third-order valence-corrected chi connectivity index (χ3v) is 2.27. The highest BCUT2D eigenvalue weighted by molar-refractivity contribution is 7.12. The Bertz CT molecular complexity index is 312. The molecular formula is C8H11N3S. The molecule has 0 radical (unpaired) electrons. The summed E-state index contributed by atoms with van der Waals surface area (Å²) < 4.78 is 0. The van der Waals surface area contributed by atoms with Crippen molar-refractivity contribution >= 4 is 23.2 Å². The molecule has 2 N–H and O–H groups in total. The van der Waals surface area contributed by atoms with Gasteiger partial charge in [0.1, 0.15) is 0 Å². The Morgan fingerprint density at radius 2 is 2.50 bits per heavy atom. The summed E-state index contributed by atoms with van der Waals surface area (Å²) in [4.78, 5) is 8.90. The zero-order valence-corrected chi connectivity index (χ0v) is 7.93. The second-order valence-corrected chi connectivity index (χ2v) is 3.51. The molecule has 0 amide bonds. The molecule has 0 aromatic carbocycles. The molecule has 0 fully saturated rings. The Kier molecular flexibility index (Phi) is 2.99. The van der Waals surface area contributed by atoms with Gasteiger partial charge in [-0.25, -0.2) is 4.98 Å². The van der Waals surface area contributed by atoms with E-state index in [1.54, 1.807) is 36.9 Å². The van der Waals surface area contributed by atoms with Crippen molar-refractivity contribution < 1.29 is 0 Å². The lowest BCUT2D eigenvalue weighted by molar-refractivity contribution is 1.29. The number of thiazole rings is 1. The van der Waals surface area contributed by atoms with Crippen LogP contribution in [0.2, 0.25) is 0 Å². The second-order valence-electron chi connectivity index (χ2n) is 2.27. The standard InChI is InChI=1S/C8H11N3S/c1-6-11-5-8(12-6)7(9)3-4-10-2/h3-5H,9H2,1-2H3/b7-3-,10-4?. The van der Waals surface area contributed by atoms with Crippen LogP contribution in [0.25, 0.3) is 5.70 Å². The lowest BCUT2D eigenvalue weighted by Crippen LogP contribution is -1.93. The summed E-state index contributed by atoms with van der Waals surface area (Å²) in [6.45, 7) is 1.95.